The predicted molar refractivity (Wildman–Crippen MR) is 139 cm³/mol. The number of hydrogen-bond acceptors (Lipinski definition) is 4. The zero-order chi connectivity index (χ0) is 24.3. The molecule has 5 nitrogen and oxygen atoms in total. The van der Waals surface area contributed by atoms with Gasteiger partial charge in [-0.15, -0.1) is 0 Å². The zero-order valence-corrected chi connectivity index (χ0v) is 21.4. The van der Waals surface area contributed by atoms with E-state index in [4.69, 9.17) is 9.47 Å². The highest BCUT2D eigenvalue weighted by molar-refractivity contribution is 5.82. The molecule has 3 fully saturated rings. The highest BCUT2D eigenvalue weighted by Crippen LogP contribution is 2.59. The van der Waals surface area contributed by atoms with Gasteiger partial charge < -0.3 is 14.8 Å². The molecule has 1 spiro atoms. The van der Waals surface area contributed by atoms with Crippen LogP contribution in [0.2, 0.25) is 0 Å². The third-order valence-electron chi connectivity index (χ3n) is 8.84. The Bertz CT molecular complexity index is 1010. The van der Waals surface area contributed by atoms with Crippen LogP contribution in [0.5, 0.6) is 11.5 Å². The molecule has 0 radical (unpaired) electrons. The molecule has 3 aliphatic rings. The van der Waals surface area contributed by atoms with E-state index in [2.05, 4.69) is 52.7 Å². The number of ether oxygens (including phenoxy) is 2. The first-order chi connectivity index (χ1) is 17.1. The van der Waals surface area contributed by atoms with Gasteiger partial charge >= 0.3 is 0 Å². The topological polar surface area (TPSA) is 50.8 Å². The van der Waals surface area contributed by atoms with Crippen molar-refractivity contribution in [3.8, 4) is 11.5 Å². The molecule has 2 saturated carbocycles. The van der Waals surface area contributed by atoms with Gasteiger partial charge in [0.1, 0.15) is 0 Å². The van der Waals surface area contributed by atoms with Crippen LogP contribution in [-0.4, -0.2) is 44.2 Å². The van der Waals surface area contributed by atoms with Gasteiger partial charge in [0.25, 0.3) is 0 Å². The third kappa shape index (κ3) is 5.06. The van der Waals surface area contributed by atoms with Crippen molar-refractivity contribution in [1.82, 2.24) is 10.2 Å². The second-order valence-corrected chi connectivity index (χ2v) is 10.9. The minimum Gasteiger partial charge on any atom is -0.493 e. The van der Waals surface area contributed by atoms with Crippen molar-refractivity contribution in [1.29, 1.82) is 0 Å². The average Bonchev–Trinajstić information content (AvgIpc) is 3.37. The van der Waals surface area contributed by atoms with E-state index in [-0.39, 0.29) is 22.7 Å². The van der Waals surface area contributed by atoms with Crippen LogP contribution in [-0.2, 0) is 16.8 Å². The number of amides is 1. The Morgan fingerprint density at radius 2 is 1.77 bits per heavy atom. The number of rotatable bonds is 9. The van der Waals surface area contributed by atoms with Crippen molar-refractivity contribution >= 4 is 5.91 Å². The van der Waals surface area contributed by atoms with Crippen molar-refractivity contribution in [3.05, 3.63) is 59.7 Å². The summed E-state index contributed by atoms with van der Waals surface area (Å²) >= 11 is 0. The number of hydrogen-bond donors (Lipinski definition) is 1. The number of carbonyl (C=O) groups is 1. The fourth-order valence-corrected chi connectivity index (χ4v) is 6.56. The van der Waals surface area contributed by atoms with Crippen molar-refractivity contribution in [2.45, 2.75) is 63.8 Å². The van der Waals surface area contributed by atoms with E-state index in [1.165, 1.54) is 36.8 Å². The van der Waals surface area contributed by atoms with Gasteiger partial charge in [-0.2, -0.15) is 0 Å². The highest BCUT2D eigenvalue weighted by atomic mass is 16.5. The van der Waals surface area contributed by atoms with Gasteiger partial charge in [0.2, 0.25) is 5.91 Å². The van der Waals surface area contributed by atoms with Crippen LogP contribution >= 0.6 is 0 Å². The monoisotopic (exact) mass is 476 g/mol. The number of likely N-dealkylation sites (tertiary alicyclic amines) is 1. The van der Waals surface area contributed by atoms with Crippen LogP contribution in [0.4, 0.5) is 0 Å². The molecule has 188 valence electrons. The fourth-order valence-electron chi connectivity index (χ4n) is 6.56. The Morgan fingerprint density at radius 3 is 2.46 bits per heavy atom. The van der Waals surface area contributed by atoms with E-state index >= 15 is 0 Å². The summed E-state index contributed by atoms with van der Waals surface area (Å²) in [5.41, 5.74) is 2.99. The van der Waals surface area contributed by atoms with Crippen molar-refractivity contribution < 1.29 is 14.3 Å². The molecule has 0 bridgehead atoms. The number of carbonyl (C=O) groups excluding carboxylic acids is 1. The minimum atomic E-state index is 0.126. The summed E-state index contributed by atoms with van der Waals surface area (Å²) in [6, 6.07) is 17.1. The lowest BCUT2D eigenvalue weighted by Gasteiger charge is -2.33. The van der Waals surface area contributed by atoms with Crippen LogP contribution in [0.1, 0.15) is 63.0 Å². The minimum absolute atomic E-state index is 0.126. The number of nitrogens with zero attached hydrogens (tertiary/aromatic N) is 1. The van der Waals surface area contributed by atoms with Crippen molar-refractivity contribution in [2.24, 2.45) is 11.3 Å². The molecule has 0 unspecified atom stereocenters. The lowest BCUT2D eigenvalue weighted by Crippen LogP contribution is -2.41. The van der Waals surface area contributed by atoms with Crippen LogP contribution in [0.25, 0.3) is 0 Å². The van der Waals surface area contributed by atoms with E-state index in [1.54, 1.807) is 7.11 Å². The molecule has 2 aromatic rings. The van der Waals surface area contributed by atoms with E-state index in [0.717, 1.165) is 56.9 Å². The smallest absolute Gasteiger partial charge is 0.223 e. The Hall–Kier alpha value is -2.53. The summed E-state index contributed by atoms with van der Waals surface area (Å²) in [6.45, 7) is 6.42. The molecule has 5 rings (SSSR count). The molecule has 1 saturated heterocycles. The standard InChI is InChI=1S/C30H40N2O3/c1-3-35-27-19-23(11-12-26(27)34-2)21-32-17-15-29(16-18-32)20-25(29)28(33)31-22-30(13-7-8-14-30)24-9-5-4-6-10-24/h4-6,9-12,19,25H,3,7-8,13-18,20-22H2,1-2H3,(H,31,33)/t25-/m1/s1. The van der Waals surface area contributed by atoms with Gasteiger partial charge in [-0.05, 0) is 80.8 Å². The molecule has 1 heterocycles. The van der Waals surface area contributed by atoms with Gasteiger partial charge in [-0.3, -0.25) is 9.69 Å². The molecule has 2 aliphatic carbocycles. The molecule has 35 heavy (non-hydrogen) atoms. The van der Waals surface area contributed by atoms with Crippen LogP contribution in [0.3, 0.4) is 0 Å². The van der Waals surface area contributed by atoms with Gasteiger partial charge in [0.05, 0.1) is 13.7 Å². The second-order valence-electron chi connectivity index (χ2n) is 10.9. The largest absolute Gasteiger partial charge is 0.493 e. The Kier molecular flexibility index (Phi) is 7.06. The van der Waals surface area contributed by atoms with E-state index in [0.29, 0.717) is 6.61 Å². The van der Waals surface area contributed by atoms with Crippen molar-refractivity contribution in [2.75, 3.05) is 33.4 Å². The Morgan fingerprint density at radius 1 is 1.03 bits per heavy atom. The first kappa shape index (κ1) is 24.2. The lowest BCUT2D eigenvalue weighted by atomic mass is 9.78. The molecule has 1 amide bonds. The molecular formula is C30H40N2O3. The maximum absolute atomic E-state index is 13.2. The zero-order valence-electron chi connectivity index (χ0n) is 21.4. The predicted octanol–water partition coefficient (Wildman–Crippen LogP) is 5.32. The quantitative estimate of drug-likeness (QED) is 0.532. The number of piperidine rings is 1. The van der Waals surface area contributed by atoms with E-state index in [1.807, 2.05) is 13.0 Å². The van der Waals surface area contributed by atoms with Crippen LogP contribution in [0.15, 0.2) is 48.5 Å². The normalized spacial score (nSPS) is 22.6. The summed E-state index contributed by atoms with van der Waals surface area (Å²) in [7, 11) is 1.68. The highest BCUT2D eigenvalue weighted by Gasteiger charge is 2.58. The molecule has 1 N–H and O–H groups in total. The molecule has 1 atom stereocenters. The molecule has 1 aliphatic heterocycles. The summed E-state index contributed by atoms with van der Waals surface area (Å²) in [6.07, 6.45) is 8.16. The van der Waals surface area contributed by atoms with E-state index in [9.17, 15) is 4.79 Å². The average molecular weight is 477 g/mol. The van der Waals surface area contributed by atoms with Gasteiger partial charge in [-0.1, -0.05) is 49.2 Å². The van der Waals surface area contributed by atoms with Crippen LogP contribution in [0, 0.1) is 11.3 Å². The maximum Gasteiger partial charge on any atom is 0.223 e. The van der Waals surface area contributed by atoms with Gasteiger partial charge in [-0.25, -0.2) is 0 Å². The Labute approximate surface area is 210 Å². The molecular weight excluding hydrogens is 436 g/mol. The second kappa shape index (κ2) is 10.2. The summed E-state index contributed by atoms with van der Waals surface area (Å²) in [5.74, 6) is 2.09. The maximum atomic E-state index is 13.2. The molecule has 5 heteroatoms. The number of benzene rings is 2. The van der Waals surface area contributed by atoms with E-state index < -0.39 is 0 Å². The first-order valence-electron chi connectivity index (χ1n) is 13.4. The Balaban J connectivity index is 1.13. The number of methoxy groups -OCH3 is 1. The van der Waals surface area contributed by atoms with Crippen molar-refractivity contribution in [3.63, 3.8) is 0 Å². The van der Waals surface area contributed by atoms with Crippen LogP contribution < -0.4 is 14.8 Å². The molecule has 2 aromatic carbocycles. The fraction of sp³-hybridized carbons (Fsp3) is 0.567. The molecule has 0 aromatic heterocycles. The number of nitrogens with one attached hydrogen (secondary N) is 1. The van der Waals surface area contributed by atoms with Gasteiger partial charge in [0.15, 0.2) is 11.5 Å². The first-order valence-corrected chi connectivity index (χ1v) is 13.4. The lowest BCUT2D eigenvalue weighted by molar-refractivity contribution is -0.123. The SMILES string of the molecule is CCOc1cc(CN2CCC3(CC2)C[C@@H]3C(=O)NCC2(c3ccccc3)CCCC2)ccc1OC. The summed E-state index contributed by atoms with van der Waals surface area (Å²) in [5, 5.41) is 3.40. The summed E-state index contributed by atoms with van der Waals surface area (Å²) < 4.78 is 11.2. The summed E-state index contributed by atoms with van der Waals surface area (Å²) in [4.78, 5) is 15.7. The van der Waals surface area contributed by atoms with Gasteiger partial charge in [0, 0.05) is 24.4 Å². The third-order valence-corrected chi connectivity index (χ3v) is 8.84.